The number of thiophene rings is 1. The Hall–Kier alpha value is -0.620. The SMILES string of the molecule is NC(CNCc1ccc(Cl)s1)CC(=O)O. The molecule has 0 saturated carbocycles. The fourth-order valence-corrected chi connectivity index (χ4v) is 2.18. The highest BCUT2D eigenvalue weighted by molar-refractivity contribution is 7.16. The number of nitrogens with one attached hydrogen (secondary N) is 1. The fourth-order valence-electron chi connectivity index (χ4n) is 1.12. The number of nitrogens with two attached hydrogens (primary N) is 1. The van der Waals surface area contributed by atoms with Gasteiger partial charge in [-0.1, -0.05) is 11.6 Å². The van der Waals surface area contributed by atoms with Gasteiger partial charge in [0.05, 0.1) is 10.8 Å². The standard InChI is InChI=1S/C9H13ClN2O2S/c10-8-2-1-7(15-8)5-12-4-6(11)3-9(13)14/h1-2,6,12H,3-5,11H2,(H,13,14). The summed E-state index contributed by atoms with van der Waals surface area (Å²) in [5.74, 6) is -0.872. The van der Waals surface area contributed by atoms with Crippen LogP contribution in [-0.4, -0.2) is 23.7 Å². The van der Waals surface area contributed by atoms with E-state index < -0.39 is 5.97 Å². The van der Waals surface area contributed by atoms with E-state index in [1.165, 1.54) is 11.3 Å². The zero-order chi connectivity index (χ0) is 11.3. The molecule has 1 heterocycles. The third-order valence-electron chi connectivity index (χ3n) is 1.77. The summed E-state index contributed by atoms with van der Waals surface area (Å²) in [7, 11) is 0. The lowest BCUT2D eigenvalue weighted by atomic mass is 10.2. The minimum absolute atomic E-state index is 0.0157. The fraction of sp³-hybridized carbons (Fsp3) is 0.444. The van der Waals surface area contributed by atoms with Crippen LogP contribution < -0.4 is 11.1 Å². The van der Waals surface area contributed by atoms with Crippen molar-refractivity contribution in [3.63, 3.8) is 0 Å². The van der Waals surface area contributed by atoms with E-state index in [-0.39, 0.29) is 12.5 Å². The van der Waals surface area contributed by atoms with Crippen molar-refractivity contribution in [2.24, 2.45) is 5.73 Å². The molecule has 1 rings (SSSR count). The first kappa shape index (κ1) is 12.4. The molecule has 0 amide bonds. The molecular formula is C9H13ClN2O2S. The summed E-state index contributed by atoms with van der Waals surface area (Å²) in [5, 5.41) is 11.6. The summed E-state index contributed by atoms with van der Waals surface area (Å²) in [6.07, 6.45) is -0.0157. The van der Waals surface area contributed by atoms with Crippen LogP contribution in [0.2, 0.25) is 4.34 Å². The molecule has 6 heteroatoms. The summed E-state index contributed by atoms with van der Waals surface area (Å²) in [5.41, 5.74) is 5.58. The van der Waals surface area contributed by atoms with Crippen molar-refractivity contribution >= 4 is 28.9 Å². The zero-order valence-electron chi connectivity index (χ0n) is 8.07. The lowest BCUT2D eigenvalue weighted by Crippen LogP contribution is -2.35. The summed E-state index contributed by atoms with van der Waals surface area (Å²) >= 11 is 7.26. The van der Waals surface area contributed by atoms with Gasteiger partial charge in [0.1, 0.15) is 0 Å². The highest BCUT2D eigenvalue weighted by Gasteiger charge is 2.07. The lowest BCUT2D eigenvalue weighted by Gasteiger charge is -2.09. The normalized spacial score (nSPS) is 12.7. The average Bonchev–Trinajstić information content (AvgIpc) is 2.50. The molecule has 0 spiro atoms. The number of halogens is 1. The molecule has 0 aliphatic rings. The predicted octanol–water partition coefficient (Wildman–Crippen LogP) is 1.29. The second kappa shape index (κ2) is 6.07. The molecule has 0 radical (unpaired) electrons. The second-order valence-electron chi connectivity index (χ2n) is 3.19. The van der Waals surface area contributed by atoms with Crippen LogP contribution in [0.25, 0.3) is 0 Å². The number of hydrogen-bond acceptors (Lipinski definition) is 4. The van der Waals surface area contributed by atoms with Crippen molar-refractivity contribution in [3.8, 4) is 0 Å². The summed E-state index contributed by atoms with van der Waals surface area (Å²) in [4.78, 5) is 11.4. The first-order valence-electron chi connectivity index (χ1n) is 4.50. The van der Waals surface area contributed by atoms with Gasteiger partial charge in [0, 0.05) is 24.0 Å². The molecule has 0 aliphatic carbocycles. The van der Waals surface area contributed by atoms with E-state index in [2.05, 4.69) is 5.32 Å². The average molecular weight is 249 g/mol. The molecule has 4 nitrogen and oxygen atoms in total. The zero-order valence-corrected chi connectivity index (χ0v) is 9.64. The van der Waals surface area contributed by atoms with Gasteiger partial charge in [-0.3, -0.25) is 4.79 Å². The number of hydrogen-bond donors (Lipinski definition) is 3. The Morgan fingerprint density at radius 3 is 2.93 bits per heavy atom. The predicted molar refractivity (Wildman–Crippen MR) is 61.3 cm³/mol. The van der Waals surface area contributed by atoms with Crippen molar-refractivity contribution in [1.82, 2.24) is 5.32 Å². The van der Waals surface area contributed by atoms with Gasteiger partial charge in [0.25, 0.3) is 0 Å². The van der Waals surface area contributed by atoms with E-state index in [1.807, 2.05) is 12.1 Å². The number of aliphatic carboxylic acids is 1. The molecule has 15 heavy (non-hydrogen) atoms. The van der Waals surface area contributed by atoms with Gasteiger partial charge in [-0.15, -0.1) is 11.3 Å². The van der Waals surface area contributed by atoms with Gasteiger partial charge >= 0.3 is 5.97 Å². The van der Waals surface area contributed by atoms with Crippen LogP contribution in [0.1, 0.15) is 11.3 Å². The van der Waals surface area contributed by atoms with Crippen molar-refractivity contribution < 1.29 is 9.90 Å². The molecule has 84 valence electrons. The van der Waals surface area contributed by atoms with Crippen LogP contribution in [-0.2, 0) is 11.3 Å². The second-order valence-corrected chi connectivity index (χ2v) is 4.99. The number of carboxylic acid groups (broad SMARTS) is 1. The molecule has 0 bridgehead atoms. The molecule has 1 aromatic rings. The largest absolute Gasteiger partial charge is 0.481 e. The first-order chi connectivity index (χ1) is 7.08. The Bertz CT molecular complexity index is 330. The van der Waals surface area contributed by atoms with Crippen LogP contribution in [0, 0.1) is 0 Å². The van der Waals surface area contributed by atoms with Gasteiger partial charge in [-0.25, -0.2) is 0 Å². The van der Waals surface area contributed by atoms with Crippen molar-refractivity contribution in [1.29, 1.82) is 0 Å². The highest BCUT2D eigenvalue weighted by Crippen LogP contribution is 2.20. The van der Waals surface area contributed by atoms with Crippen molar-refractivity contribution in [3.05, 3.63) is 21.3 Å². The molecule has 4 N–H and O–H groups in total. The maximum atomic E-state index is 10.3. The third kappa shape index (κ3) is 5.13. The molecule has 0 fully saturated rings. The summed E-state index contributed by atoms with van der Waals surface area (Å²) in [6.45, 7) is 1.16. The van der Waals surface area contributed by atoms with Gasteiger partial charge in [-0.2, -0.15) is 0 Å². The number of carboxylic acids is 1. The van der Waals surface area contributed by atoms with Crippen molar-refractivity contribution in [2.75, 3.05) is 6.54 Å². The molecule has 0 aliphatic heterocycles. The Morgan fingerprint density at radius 2 is 2.40 bits per heavy atom. The quantitative estimate of drug-likeness (QED) is 0.709. The minimum Gasteiger partial charge on any atom is -0.481 e. The molecule has 0 aromatic carbocycles. The Morgan fingerprint density at radius 1 is 1.67 bits per heavy atom. The van der Waals surface area contributed by atoms with Gasteiger partial charge in [0.2, 0.25) is 0 Å². The van der Waals surface area contributed by atoms with Gasteiger partial charge in [0.15, 0.2) is 0 Å². The van der Waals surface area contributed by atoms with Crippen LogP contribution >= 0.6 is 22.9 Å². The van der Waals surface area contributed by atoms with Gasteiger partial charge in [-0.05, 0) is 12.1 Å². The number of carbonyl (C=O) groups is 1. The van der Waals surface area contributed by atoms with E-state index in [1.54, 1.807) is 0 Å². The van der Waals surface area contributed by atoms with E-state index in [0.29, 0.717) is 13.1 Å². The molecule has 1 unspecified atom stereocenters. The minimum atomic E-state index is -0.872. The van der Waals surface area contributed by atoms with E-state index >= 15 is 0 Å². The number of rotatable bonds is 6. The van der Waals surface area contributed by atoms with Crippen LogP contribution in [0.4, 0.5) is 0 Å². The topological polar surface area (TPSA) is 75.3 Å². The van der Waals surface area contributed by atoms with Gasteiger partial charge < -0.3 is 16.2 Å². The molecular weight excluding hydrogens is 236 g/mol. The molecule has 1 atom stereocenters. The maximum Gasteiger partial charge on any atom is 0.304 e. The first-order valence-corrected chi connectivity index (χ1v) is 5.69. The summed E-state index contributed by atoms with van der Waals surface area (Å²) < 4.78 is 0.752. The highest BCUT2D eigenvalue weighted by atomic mass is 35.5. The van der Waals surface area contributed by atoms with Crippen LogP contribution in [0.15, 0.2) is 12.1 Å². The van der Waals surface area contributed by atoms with Crippen molar-refractivity contribution in [2.45, 2.75) is 19.0 Å². The maximum absolute atomic E-state index is 10.3. The van der Waals surface area contributed by atoms with E-state index in [0.717, 1.165) is 9.21 Å². The van der Waals surface area contributed by atoms with Crippen LogP contribution in [0.3, 0.4) is 0 Å². The lowest BCUT2D eigenvalue weighted by molar-refractivity contribution is -0.137. The third-order valence-corrected chi connectivity index (χ3v) is 3.00. The molecule has 0 saturated heterocycles. The monoisotopic (exact) mass is 248 g/mol. The smallest absolute Gasteiger partial charge is 0.304 e. The Balaban J connectivity index is 2.18. The Kier molecular flexibility index (Phi) is 5.04. The summed E-state index contributed by atoms with van der Waals surface area (Å²) in [6, 6.07) is 3.42. The van der Waals surface area contributed by atoms with Crippen LogP contribution in [0.5, 0.6) is 0 Å². The van der Waals surface area contributed by atoms with E-state index in [4.69, 9.17) is 22.4 Å². The molecule has 1 aromatic heterocycles. The van der Waals surface area contributed by atoms with E-state index in [9.17, 15) is 4.79 Å². The Labute approximate surface area is 97.0 Å².